The third-order valence-corrected chi connectivity index (χ3v) is 12.0. The van der Waals surface area contributed by atoms with Crippen LogP contribution in [0.3, 0.4) is 0 Å². The average Bonchev–Trinajstić information content (AvgIpc) is 3.29. The molecule has 0 aromatic heterocycles. The molecule has 0 saturated carbocycles. The molecule has 6 nitrogen and oxygen atoms in total. The fourth-order valence-electron chi connectivity index (χ4n) is 7.86. The molecule has 0 spiro atoms. The molecule has 0 aliphatic rings. The first-order valence-electron chi connectivity index (χ1n) is 27.6. The van der Waals surface area contributed by atoms with Crippen LogP contribution in [0.4, 0.5) is 0 Å². The minimum Gasteiger partial charge on any atom is -0.462 e. The molecule has 0 N–H and O–H groups in total. The van der Waals surface area contributed by atoms with Gasteiger partial charge in [0.2, 0.25) is 0 Å². The van der Waals surface area contributed by atoms with Crippen molar-refractivity contribution in [2.24, 2.45) is 0 Å². The number of rotatable bonds is 50. The lowest BCUT2D eigenvalue weighted by atomic mass is 10.0. The topological polar surface area (TPSA) is 78.9 Å². The molecule has 0 rings (SSSR count). The smallest absolute Gasteiger partial charge is 0.306 e. The lowest BCUT2D eigenvalue weighted by Gasteiger charge is -2.18. The van der Waals surface area contributed by atoms with Crippen molar-refractivity contribution >= 4 is 17.9 Å². The van der Waals surface area contributed by atoms with Gasteiger partial charge < -0.3 is 14.2 Å². The number of carbonyl (C=O) groups excluding carboxylic acids is 3. The molecule has 6 heteroatoms. The Morgan fingerprint density at radius 1 is 0.312 bits per heavy atom. The minimum absolute atomic E-state index is 0.0794. The molecule has 1 unspecified atom stereocenters. The van der Waals surface area contributed by atoms with Crippen LogP contribution >= 0.6 is 0 Å². The van der Waals surface area contributed by atoms with Gasteiger partial charge in [0.15, 0.2) is 6.10 Å². The molecule has 0 bridgehead atoms. The van der Waals surface area contributed by atoms with Gasteiger partial charge in [-0.15, -0.1) is 0 Å². The molecule has 0 heterocycles. The second kappa shape index (κ2) is 53.0. The lowest BCUT2D eigenvalue weighted by Crippen LogP contribution is -2.30. The monoisotopic (exact) mass is 897 g/mol. The van der Waals surface area contributed by atoms with Crippen molar-refractivity contribution in [1.82, 2.24) is 0 Å². The quantitative estimate of drug-likeness (QED) is 0.0262. The van der Waals surface area contributed by atoms with Crippen molar-refractivity contribution in [2.45, 2.75) is 290 Å². The molecule has 0 aromatic rings. The number of unbranched alkanes of at least 4 members (excludes halogenated alkanes) is 31. The van der Waals surface area contributed by atoms with Gasteiger partial charge in [-0.05, 0) is 77.0 Å². The SMILES string of the molecule is CCC/C=C\C/C=C\CCCCCCCC(=O)OCC(COC(=O)CCCCCCCCC/C=C\C/C=C\CCCCCC)OC(=O)CCCCCCCCCCCCCCCCC. The summed E-state index contributed by atoms with van der Waals surface area (Å²) >= 11 is 0. The van der Waals surface area contributed by atoms with Crippen molar-refractivity contribution in [3.8, 4) is 0 Å². The number of ether oxygens (including phenoxy) is 3. The Hall–Kier alpha value is -2.63. The molecule has 0 aliphatic heterocycles. The van der Waals surface area contributed by atoms with Crippen molar-refractivity contribution in [1.29, 1.82) is 0 Å². The van der Waals surface area contributed by atoms with Crippen molar-refractivity contribution in [3.05, 3.63) is 48.6 Å². The van der Waals surface area contributed by atoms with E-state index in [1.807, 2.05) is 0 Å². The molecule has 372 valence electrons. The van der Waals surface area contributed by atoms with E-state index >= 15 is 0 Å². The second-order valence-electron chi connectivity index (χ2n) is 18.5. The highest BCUT2D eigenvalue weighted by atomic mass is 16.6. The molecule has 0 aliphatic carbocycles. The van der Waals surface area contributed by atoms with Crippen molar-refractivity contribution in [3.63, 3.8) is 0 Å². The predicted molar refractivity (Wildman–Crippen MR) is 275 cm³/mol. The Labute approximate surface area is 397 Å². The summed E-state index contributed by atoms with van der Waals surface area (Å²) < 4.78 is 16.8. The van der Waals surface area contributed by atoms with Crippen LogP contribution in [-0.4, -0.2) is 37.2 Å². The van der Waals surface area contributed by atoms with Gasteiger partial charge >= 0.3 is 17.9 Å². The summed E-state index contributed by atoms with van der Waals surface area (Å²) in [4.78, 5) is 38.1. The molecular weight excluding hydrogens is 793 g/mol. The van der Waals surface area contributed by atoms with Gasteiger partial charge in [0, 0.05) is 19.3 Å². The van der Waals surface area contributed by atoms with Gasteiger partial charge in [0.25, 0.3) is 0 Å². The second-order valence-corrected chi connectivity index (χ2v) is 18.5. The van der Waals surface area contributed by atoms with E-state index < -0.39 is 6.10 Å². The zero-order valence-electron chi connectivity index (χ0n) is 42.6. The fourth-order valence-corrected chi connectivity index (χ4v) is 7.86. The van der Waals surface area contributed by atoms with E-state index in [0.29, 0.717) is 19.3 Å². The standard InChI is InChI=1S/C58H104O6/c1-4-7-10-13-16-19-22-25-27-28-29-31-33-36-39-42-45-48-51-57(60)63-54-55(53-62-56(59)50-47-44-41-38-35-32-24-21-18-15-12-9-6-3)64-58(61)52-49-46-43-40-37-34-30-26-23-20-17-14-11-8-5-2/h12,15,19,21-22,24,27-28,55H,4-11,13-14,16-18,20,23,25-26,29-54H2,1-3H3/b15-12-,22-19-,24-21-,28-27-. The zero-order valence-corrected chi connectivity index (χ0v) is 42.6. The molecular formula is C58H104O6. The Morgan fingerprint density at radius 2 is 0.594 bits per heavy atom. The van der Waals surface area contributed by atoms with E-state index in [2.05, 4.69) is 69.4 Å². The summed E-state index contributed by atoms with van der Waals surface area (Å²) in [7, 11) is 0. The fraction of sp³-hybridized carbons (Fsp3) is 0.810. The van der Waals surface area contributed by atoms with Crippen LogP contribution in [0.25, 0.3) is 0 Å². The van der Waals surface area contributed by atoms with Crippen LogP contribution < -0.4 is 0 Å². The number of hydrogen-bond acceptors (Lipinski definition) is 6. The molecule has 0 saturated heterocycles. The Bertz CT molecular complexity index is 1120. The first kappa shape index (κ1) is 61.4. The van der Waals surface area contributed by atoms with Crippen LogP contribution in [0.15, 0.2) is 48.6 Å². The van der Waals surface area contributed by atoms with Crippen molar-refractivity contribution in [2.75, 3.05) is 13.2 Å². The van der Waals surface area contributed by atoms with Gasteiger partial charge in [-0.2, -0.15) is 0 Å². The third kappa shape index (κ3) is 50.4. The maximum Gasteiger partial charge on any atom is 0.306 e. The van der Waals surface area contributed by atoms with Crippen molar-refractivity contribution < 1.29 is 28.6 Å². The largest absolute Gasteiger partial charge is 0.462 e. The van der Waals surface area contributed by atoms with Crippen LogP contribution in [0.2, 0.25) is 0 Å². The van der Waals surface area contributed by atoms with E-state index in [-0.39, 0.29) is 31.1 Å². The van der Waals surface area contributed by atoms with E-state index in [0.717, 1.165) is 96.3 Å². The molecule has 0 radical (unpaired) electrons. The van der Waals surface area contributed by atoms with E-state index in [1.54, 1.807) is 0 Å². The molecule has 0 fully saturated rings. The van der Waals surface area contributed by atoms with Gasteiger partial charge in [-0.3, -0.25) is 14.4 Å². The minimum atomic E-state index is -0.779. The Kier molecular flexibility index (Phi) is 50.8. The average molecular weight is 897 g/mol. The van der Waals surface area contributed by atoms with E-state index in [1.165, 1.54) is 148 Å². The molecule has 0 aromatic carbocycles. The summed E-state index contributed by atoms with van der Waals surface area (Å²) in [5.41, 5.74) is 0. The summed E-state index contributed by atoms with van der Waals surface area (Å²) in [5, 5.41) is 0. The number of carbonyl (C=O) groups is 3. The van der Waals surface area contributed by atoms with Crippen LogP contribution in [0, 0.1) is 0 Å². The normalized spacial score (nSPS) is 12.4. The summed E-state index contributed by atoms with van der Waals surface area (Å²) in [6.07, 6.45) is 63.8. The predicted octanol–water partition coefficient (Wildman–Crippen LogP) is 18.3. The highest BCUT2D eigenvalue weighted by molar-refractivity contribution is 5.71. The van der Waals surface area contributed by atoms with Crippen LogP contribution in [0.5, 0.6) is 0 Å². The number of allylic oxidation sites excluding steroid dienone is 8. The Balaban J connectivity index is 4.37. The number of esters is 3. The first-order chi connectivity index (χ1) is 31.5. The maximum absolute atomic E-state index is 12.8. The summed E-state index contributed by atoms with van der Waals surface area (Å²) in [5.74, 6) is -0.889. The summed E-state index contributed by atoms with van der Waals surface area (Å²) in [6, 6.07) is 0. The maximum atomic E-state index is 12.8. The zero-order chi connectivity index (χ0) is 46.5. The van der Waals surface area contributed by atoms with E-state index in [4.69, 9.17) is 14.2 Å². The van der Waals surface area contributed by atoms with Gasteiger partial charge in [-0.25, -0.2) is 0 Å². The van der Waals surface area contributed by atoms with Crippen LogP contribution in [0.1, 0.15) is 284 Å². The summed E-state index contributed by atoms with van der Waals surface area (Å²) in [6.45, 7) is 6.57. The highest BCUT2D eigenvalue weighted by Crippen LogP contribution is 2.16. The highest BCUT2D eigenvalue weighted by Gasteiger charge is 2.19. The molecule has 1 atom stereocenters. The number of hydrogen-bond donors (Lipinski definition) is 0. The molecule has 64 heavy (non-hydrogen) atoms. The van der Waals surface area contributed by atoms with Gasteiger partial charge in [0.05, 0.1) is 0 Å². The molecule has 0 amide bonds. The van der Waals surface area contributed by atoms with Gasteiger partial charge in [-0.1, -0.05) is 236 Å². The van der Waals surface area contributed by atoms with Crippen LogP contribution in [-0.2, 0) is 28.6 Å². The third-order valence-electron chi connectivity index (χ3n) is 12.0. The lowest BCUT2D eigenvalue weighted by molar-refractivity contribution is -0.167. The Morgan fingerprint density at radius 3 is 0.938 bits per heavy atom. The first-order valence-corrected chi connectivity index (χ1v) is 27.6. The van der Waals surface area contributed by atoms with E-state index in [9.17, 15) is 14.4 Å². The van der Waals surface area contributed by atoms with Gasteiger partial charge in [0.1, 0.15) is 13.2 Å².